The molecule has 1 radical (unpaired) electrons. The van der Waals surface area contributed by atoms with Crippen LogP contribution in [0.3, 0.4) is 0 Å². The van der Waals surface area contributed by atoms with Crippen LogP contribution in [0.4, 0.5) is 36.4 Å². The summed E-state index contributed by atoms with van der Waals surface area (Å²) in [5.74, 6) is 0. The third-order valence-corrected chi connectivity index (χ3v) is 5.92. The van der Waals surface area contributed by atoms with E-state index in [9.17, 15) is 19.2 Å². The molecule has 0 aliphatic heterocycles. The van der Waals surface area contributed by atoms with E-state index in [4.69, 9.17) is 0 Å². The Kier molecular flexibility index (Phi) is 7.01. The van der Waals surface area contributed by atoms with Crippen LogP contribution in [-0.2, 0) is 4.79 Å². The zero-order chi connectivity index (χ0) is 23.9. The highest BCUT2D eigenvalue weighted by Gasteiger charge is 2.37. The first-order valence-corrected chi connectivity index (χ1v) is 11.4. The SMILES string of the molecule is O=[C]N(C(=O)N(C(=O)N(C(=O)Nc1ccsc1)c1cccs1)c1ccncc1)c1cccnc1. The van der Waals surface area contributed by atoms with Gasteiger partial charge in [-0.3, -0.25) is 14.8 Å². The molecule has 0 bridgehead atoms. The van der Waals surface area contributed by atoms with Crippen LogP contribution >= 0.6 is 22.7 Å². The Morgan fingerprint density at radius 1 is 0.853 bits per heavy atom. The maximum Gasteiger partial charge on any atom is 0.346 e. The number of nitrogens with zero attached hydrogens (tertiary/aromatic N) is 5. The van der Waals surface area contributed by atoms with Crippen LogP contribution in [0.1, 0.15) is 0 Å². The molecule has 4 aromatic heterocycles. The van der Waals surface area contributed by atoms with Crippen molar-refractivity contribution in [1.29, 1.82) is 0 Å². The summed E-state index contributed by atoms with van der Waals surface area (Å²) in [6.45, 7) is 0. The van der Waals surface area contributed by atoms with Gasteiger partial charge in [0.15, 0.2) is 0 Å². The molecule has 0 aromatic carbocycles. The number of carbonyl (C=O) groups excluding carboxylic acids is 4. The van der Waals surface area contributed by atoms with Crippen LogP contribution in [0.2, 0.25) is 0 Å². The predicted molar refractivity (Wildman–Crippen MR) is 130 cm³/mol. The largest absolute Gasteiger partial charge is 0.346 e. The van der Waals surface area contributed by atoms with E-state index >= 15 is 0 Å². The number of urea groups is 3. The van der Waals surface area contributed by atoms with Crippen LogP contribution in [0.5, 0.6) is 0 Å². The topological polar surface area (TPSA) is 116 Å². The van der Waals surface area contributed by atoms with E-state index < -0.39 is 18.1 Å². The minimum absolute atomic E-state index is 0.0963. The minimum Gasteiger partial charge on any atom is -0.306 e. The number of thiophene rings is 2. The normalized spacial score (nSPS) is 10.2. The first-order chi connectivity index (χ1) is 16.6. The Morgan fingerprint density at radius 2 is 1.68 bits per heavy atom. The van der Waals surface area contributed by atoms with Crippen molar-refractivity contribution < 1.29 is 19.2 Å². The summed E-state index contributed by atoms with van der Waals surface area (Å²) >= 11 is 2.50. The summed E-state index contributed by atoms with van der Waals surface area (Å²) in [6, 6.07) is 7.88. The van der Waals surface area contributed by atoms with E-state index in [-0.39, 0.29) is 16.4 Å². The lowest BCUT2D eigenvalue weighted by Gasteiger charge is -2.29. The minimum atomic E-state index is -1.05. The Morgan fingerprint density at radius 3 is 2.29 bits per heavy atom. The number of pyridine rings is 2. The maximum atomic E-state index is 13.8. The van der Waals surface area contributed by atoms with Gasteiger partial charge in [0.1, 0.15) is 5.00 Å². The molecule has 0 saturated carbocycles. The molecule has 169 valence electrons. The lowest BCUT2D eigenvalue weighted by Crippen LogP contribution is -2.54. The van der Waals surface area contributed by atoms with E-state index in [2.05, 4.69) is 15.3 Å². The summed E-state index contributed by atoms with van der Waals surface area (Å²) in [6.07, 6.45) is 7.03. The number of hydrogen-bond acceptors (Lipinski definition) is 8. The number of carbonyl (C=O) groups is 3. The van der Waals surface area contributed by atoms with Crippen LogP contribution in [0.25, 0.3) is 0 Å². The lowest BCUT2D eigenvalue weighted by atomic mass is 10.3. The number of aromatic nitrogens is 2. The number of hydrogen-bond donors (Lipinski definition) is 1. The second kappa shape index (κ2) is 10.5. The predicted octanol–water partition coefficient (Wildman–Crippen LogP) is 4.96. The number of rotatable bonds is 5. The molecule has 0 fully saturated rings. The van der Waals surface area contributed by atoms with Crippen molar-refractivity contribution in [2.45, 2.75) is 0 Å². The van der Waals surface area contributed by atoms with Crippen molar-refractivity contribution in [2.24, 2.45) is 0 Å². The van der Waals surface area contributed by atoms with Crippen LogP contribution in [0.15, 0.2) is 83.4 Å². The first kappa shape index (κ1) is 22.8. The maximum absolute atomic E-state index is 13.8. The summed E-state index contributed by atoms with van der Waals surface area (Å²) in [5, 5.41) is 8.07. The van der Waals surface area contributed by atoms with Crippen molar-refractivity contribution in [1.82, 2.24) is 9.97 Å². The fraction of sp³-hybridized carbons (Fsp3) is 0. The Balaban J connectivity index is 1.76. The van der Waals surface area contributed by atoms with Gasteiger partial charge in [0.25, 0.3) is 0 Å². The van der Waals surface area contributed by atoms with E-state index in [0.29, 0.717) is 15.5 Å². The van der Waals surface area contributed by atoms with Crippen LogP contribution < -0.4 is 20.0 Å². The summed E-state index contributed by atoms with van der Waals surface area (Å²) in [7, 11) is 0. The zero-order valence-electron chi connectivity index (χ0n) is 17.3. The molecule has 1 N–H and O–H groups in total. The van der Waals surface area contributed by atoms with E-state index in [1.54, 1.807) is 34.3 Å². The molecule has 4 aromatic rings. The van der Waals surface area contributed by atoms with Gasteiger partial charge in [-0.25, -0.2) is 29.1 Å². The standard InChI is InChI=1S/C22H15N6O4S2/c29-15-26(18-3-1-8-24-13-18)21(31)27(17-5-9-23-10-6-17)22(32)28(19-4-2-11-34-19)20(30)25-16-7-12-33-14-16/h1-14H,(H,25,30). The molecule has 4 heterocycles. The second-order valence-electron chi connectivity index (χ2n) is 6.47. The van der Waals surface area contributed by atoms with E-state index in [1.807, 2.05) is 0 Å². The average molecular weight is 492 g/mol. The monoisotopic (exact) mass is 491 g/mol. The Hall–Kier alpha value is -4.42. The first-order valence-electron chi connectivity index (χ1n) is 9.63. The van der Waals surface area contributed by atoms with Gasteiger partial charge in [-0.15, -0.1) is 11.3 Å². The molecule has 0 spiro atoms. The highest BCUT2D eigenvalue weighted by molar-refractivity contribution is 7.14. The summed E-state index contributed by atoms with van der Waals surface area (Å²) in [4.78, 5) is 62.2. The molecule has 34 heavy (non-hydrogen) atoms. The third-order valence-electron chi connectivity index (χ3n) is 4.38. The third kappa shape index (κ3) is 4.82. The Labute approximate surface area is 201 Å². The van der Waals surface area contributed by atoms with Crippen LogP contribution in [-0.4, -0.2) is 34.5 Å². The molecule has 0 unspecified atom stereocenters. The van der Waals surface area contributed by atoms with Gasteiger partial charge in [0.05, 0.1) is 23.3 Å². The second-order valence-corrected chi connectivity index (χ2v) is 8.18. The fourth-order valence-corrected chi connectivity index (χ4v) is 4.19. The quantitative estimate of drug-likeness (QED) is 0.395. The molecule has 10 nitrogen and oxygen atoms in total. The Bertz CT molecular complexity index is 1270. The lowest BCUT2D eigenvalue weighted by molar-refractivity contribution is 0.238. The smallest absolute Gasteiger partial charge is 0.306 e. The molecule has 7 amide bonds. The van der Waals surface area contributed by atoms with Gasteiger partial charge < -0.3 is 5.32 Å². The summed E-state index contributed by atoms with van der Waals surface area (Å²) < 4.78 is 0. The molecular weight excluding hydrogens is 476 g/mol. The number of nitrogens with one attached hydrogen (secondary N) is 1. The van der Waals surface area contributed by atoms with Crippen molar-refractivity contribution in [3.8, 4) is 0 Å². The molecule has 0 aliphatic carbocycles. The van der Waals surface area contributed by atoms with E-state index in [1.165, 1.54) is 66.8 Å². The molecule has 0 aliphatic rings. The molecule has 4 rings (SSSR count). The number of imide groups is 3. The number of anilines is 4. The van der Waals surface area contributed by atoms with Crippen molar-refractivity contribution in [2.75, 3.05) is 20.0 Å². The van der Waals surface area contributed by atoms with E-state index in [0.717, 1.165) is 16.2 Å². The number of amides is 7. The van der Waals surface area contributed by atoms with Crippen molar-refractivity contribution in [3.05, 3.63) is 83.4 Å². The van der Waals surface area contributed by atoms with Crippen molar-refractivity contribution >= 4 is 69.2 Å². The fourth-order valence-electron chi connectivity index (χ4n) is 2.88. The van der Waals surface area contributed by atoms with Crippen molar-refractivity contribution in [3.63, 3.8) is 0 Å². The zero-order valence-corrected chi connectivity index (χ0v) is 18.9. The summed E-state index contributed by atoms with van der Waals surface area (Å²) in [5.41, 5.74) is 0.683. The molecular formula is C22H15N6O4S2. The van der Waals surface area contributed by atoms with Crippen LogP contribution in [0, 0.1) is 0 Å². The van der Waals surface area contributed by atoms with Gasteiger partial charge >= 0.3 is 24.5 Å². The highest BCUT2D eigenvalue weighted by Crippen LogP contribution is 2.27. The molecule has 0 saturated heterocycles. The van der Waals surface area contributed by atoms with Gasteiger partial charge in [-0.05, 0) is 53.2 Å². The van der Waals surface area contributed by atoms with Gasteiger partial charge in [0.2, 0.25) is 0 Å². The molecule has 0 atom stereocenters. The average Bonchev–Trinajstić information content (AvgIpc) is 3.56. The van der Waals surface area contributed by atoms with Gasteiger partial charge in [-0.1, -0.05) is 0 Å². The van der Waals surface area contributed by atoms with Gasteiger partial charge in [-0.2, -0.15) is 11.3 Å². The molecule has 12 heteroatoms. The van der Waals surface area contributed by atoms with Gasteiger partial charge in [0, 0.05) is 24.0 Å². The highest BCUT2D eigenvalue weighted by atomic mass is 32.1.